The number of nitrogens with zero attached hydrogens (tertiary/aromatic N) is 2. The van der Waals surface area contributed by atoms with Crippen molar-refractivity contribution in [2.45, 2.75) is 52.0 Å². The molecule has 1 aliphatic carbocycles. The van der Waals surface area contributed by atoms with Gasteiger partial charge in [-0.15, -0.1) is 0 Å². The predicted molar refractivity (Wildman–Crippen MR) is 103 cm³/mol. The van der Waals surface area contributed by atoms with E-state index in [4.69, 9.17) is 5.73 Å². The number of nitrogens with two attached hydrogens (primary N) is 1. The highest BCUT2D eigenvalue weighted by molar-refractivity contribution is 5.78. The number of aromatic nitrogens is 2. The molecular weight excluding hydrogens is 328 g/mol. The van der Waals surface area contributed by atoms with E-state index in [2.05, 4.69) is 9.97 Å². The highest BCUT2D eigenvalue weighted by Crippen LogP contribution is 2.38. The minimum atomic E-state index is -0.167. The Morgan fingerprint density at radius 2 is 2.00 bits per heavy atom. The quantitative estimate of drug-likeness (QED) is 0.832. The lowest BCUT2D eigenvalue weighted by molar-refractivity contribution is -0.134. The standard InChI is InChI=1S/C20H28N4O2/c1-2-24(18(25)12-20(14-21)10-6-3-7-11-20)13-17-22-16-9-5-4-8-15(16)19(26)23-17/h4-5,8-9H,2-3,6-7,10-14,21H2,1H3,(H,22,23,26). The summed E-state index contributed by atoms with van der Waals surface area (Å²) in [4.78, 5) is 34.2. The van der Waals surface area contributed by atoms with Gasteiger partial charge in [0.25, 0.3) is 5.56 Å². The van der Waals surface area contributed by atoms with Gasteiger partial charge in [-0.1, -0.05) is 31.4 Å². The normalized spacial score (nSPS) is 16.5. The highest BCUT2D eigenvalue weighted by Gasteiger charge is 2.34. The van der Waals surface area contributed by atoms with E-state index in [0.29, 0.717) is 42.8 Å². The molecular formula is C20H28N4O2. The molecule has 1 fully saturated rings. The third-order valence-electron chi connectivity index (χ3n) is 5.61. The molecule has 0 unspecified atom stereocenters. The van der Waals surface area contributed by atoms with Crippen molar-refractivity contribution in [2.75, 3.05) is 13.1 Å². The molecule has 6 heteroatoms. The molecule has 1 aliphatic rings. The van der Waals surface area contributed by atoms with Gasteiger partial charge in [0.15, 0.2) is 0 Å². The first-order valence-corrected chi connectivity index (χ1v) is 9.53. The van der Waals surface area contributed by atoms with Gasteiger partial charge in [-0.25, -0.2) is 4.98 Å². The van der Waals surface area contributed by atoms with Crippen LogP contribution in [0.25, 0.3) is 10.9 Å². The Labute approximate surface area is 153 Å². The minimum Gasteiger partial charge on any atom is -0.335 e. The summed E-state index contributed by atoms with van der Waals surface area (Å²) in [5, 5.41) is 0.565. The molecule has 1 heterocycles. The number of benzene rings is 1. The summed E-state index contributed by atoms with van der Waals surface area (Å²) in [5.74, 6) is 0.616. The van der Waals surface area contributed by atoms with Gasteiger partial charge < -0.3 is 15.6 Å². The monoisotopic (exact) mass is 356 g/mol. The number of amides is 1. The summed E-state index contributed by atoms with van der Waals surface area (Å²) in [6, 6.07) is 7.24. The first-order chi connectivity index (χ1) is 12.6. The third kappa shape index (κ3) is 3.96. The second kappa shape index (κ2) is 7.99. The minimum absolute atomic E-state index is 0.0625. The van der Waals surface area contributed by atoms with Crippen LogP contribution in [0.1, 0.15) is 51.3 Å². The van der Waals surface area contributed by atoms with E-state index in [1.54, 1.807) is 11.0 Å². The zero-order chi connectivity index (χ0) is 18.6. The molecule has 0 radical (unpaired) electrons. The summed E-state index contributed by atoms with van der Waals surface area (Å²) in [6.45, 7) is 3.40. The van der Waals surface area contributed by atoms with Crippen LogP contribution < -0.4 is 11.3 Å². The van der Waals surface area contributed by atoms with Crippen molar-refractivity contribution < 1.29 is 4.79 Å². The van der Waals surface area contributed by atoms with E-state index >= 15 is 0 Å². The molecule has 0 aliphatic heterocycles. The zero-order valence-corrected chi connectivity index (χ0v) is 15.5. The van der Waals surface area contributed by atoms with Crippen molar-refractivity contribution in [1.82, 2.24) is 14.9 Å². The van der Waals surface area contributed by atoms with Crippen molar-refractivity contribution in [1.29, 1.82) is 0 Å². The molecule has 0 spiro atoms. The molecule has 0 saturated heterocycles. The van der Waals surface area contributed by atoms with Gasteiger partial charge in [0, 0.05) is 13.0 Å². The van der Waals surface area contributed by atoms with Gasteiger partial charge in [-0.3, -0.25) is 9.59 Å². The maximum atomic E-state index is 12.9. The lowest BCUT2D eigenvalue weighted by Crippen LogP contribution is -2.40. The molecule has 0 bridgehead atoms. The van der Waals surface area contributed by atoms with Gasteiger partial charge in [-0.05, 0) is 43.9 Å². The number of hydrogen-bond donors (Lipinski definition) is 2. The Morgan fingerprint density at radius 3 is 2.69 bits per heavy atom. The van der Waals surface area contributed by atoms with E-state index in [1.807, 2.05) is 25.1 Å². The Balaban J connectivity index is 1.76. The zero-order valence-electron chi connectivity index (χ0n) is 15.5. The Kier molecular flexibility index (Phi) is 5.71. The van der Waals surface area contributed by atoms with Gasteiger partial charge in [-0.2, -0.15) is 0 Å². The number of para-hydroxylation sites is 1. The maximum Gasteiger partial charge on any atom is 0.258 e. The molecule has 2 aromatic rings. The van der Waals surface area contributed by atoms with E-state index in [1.165, 1.54) is 6.42 Å². The lowest BCUT2D eigenvalue weighted by atomic mass is 9.71. The van der Waals surface area contributed by atoms with Crippen LogP contribution in [0.3, 0.4) is 0 Å². The topological polar surface area (TPSA) is 92.1 Å². The molecule has 1 aromatic heterocycles. The lowest BCUT2D eigenvalue weighted by Gasteiger charge is -2.37. The number of rotatable bonds is 6. The van der Waals surface area contributed by atoms with Crippen LogP contribution in [-0.2, 0) is 11.3 Å². The fourth-order valence-electron chi connectivity index (χ4n) is 3.95. The van der Waals surface area contributed by atoms with Gasteiger partial charge in [0.2, 0.25) is 5.91 Å². The van der Waals surface area contributed by atoms with E-state index in [0.717, 1.165) is 25.7 Å². The average Bonchev–Trinajstić information content (AvgIpc) is 2.66. The molecule has 3 N–H and O–H groups in total. The van der Waals surface area contributed by atoms with Gasteiger partial charge >= 0.3 is 0 Å². The first-order valence-electron chi connectivity index (χ1n) is 9.53. The van der Waals surface area contributed by atoms with Crippen molar-refractivity contribution >= 4 is 16.8 Å². The van der Waals surface area contributed by atoms with Crippen LogP contribution in [0.5, 0.6) is 0 Å². The molecule has 140 valence electrons. The number of H-pyrrole nitrogens is 1. The fraction of sp³-hybridized carbons (Fsp3) is 0.550. The second-order valence-corrected chi connectivity index (χ2v) is 7.38. The van der Waals surface area contributed by atoms with Gasteiger partial charge in [0.05, 0.1) is 17.4 Å². The largest absolute Gasteiger partial charge is 0.335 e. The summed E-state index contributed by atoms with van der Waals surface area (Å²) in [6.07, 6.45) is 6.06. The molecule has 1 amide bonds. The number of hydrogen-bond acceptors (Lipinski definition) is 4. The first kappa shape index (κ1) is 18.6. The Hall–Kier alpha value is -2.21. The maximum absolute atomic E-state index is 12.9. The van der Waals surface area contributed by atoms with Crippen LogP contribution in [0, 0.1) is 5.41 Å². The van der Waals surface area contributed by atoms with Gasteiger partial charge in [0.1, 0.15) is 5.82 Å². The smallest absolute Gasteiger partial charge is 0.258 e. The molecule has 6 nitrogen and oxygen atoms in total. The van der Waals surface area contributed by atoms with Crippen LogP contribution in [0.15, 0.2) is 29.1 Å². The van der Waals surface area contributed by atoms with Crippen molar-refractivity contribution in [3.05, 3.63) is 40.4 Å². The van der Waals surface area contributed by atoms with E-state index in [-0.39, 0.29) is 16.9 Å². The molecule has 1 aromatic carbocycles. The van der Waals surface area contributed by atoms with Crippen molar-refractivity contribution in [3.8, 4) is 0 Å². The van der Waals surface area contributed by atoms with Crippen LogP contribution >= 0.6 is 0 Å². The molecule has 3 rings (SSSR count). The number of carbonyl (C=O) groups excluding carboxylic acids is 1. The summed E-state index contributed by atoms with van der Waals surface area (Å²) in [7, 11) is 0. The number of aromatic amines is 1. The summed E-state index contributed by atoms with van der Waals surface area (Å²) in [5.41, 5.74) is 6.46. The predicted octanol–water partition coefficient (Wildman–Crippen LogP) is 2.57. The van der Waals surface area contributed by atoms with Crippen molar-refractivity contribution in [2.24, 2.45) is 11.1 Å². The van der Waals surface area contributed by atoms with E-state index in [9.17, 15) is 9.59 Å². The Morgan fingerprint density at radius 1 is 1.27 bits per heavy atom. The average molecular weight is 356 g/mol. The Bertz CT molecular complexity index is 824. The van der Waals surface area contributed by atoms with Crippen molar-refractivity contribution in [3.63, 3.8) is 0 Å². The van der Waals surface area contributed by atoms with Crippen LogP contribution in [0.4, 0.5) is 0 Å². The second-order valence-electron chi connectivity index (χ2n) is 7.38. The van der Waals surface area contributed by atoms with Crippen LogP contribution in [-0.4, -0.2) is 33.9 Å². The highest BCUT2D eigenvalue weighted by atomic mass is 16.2. The molecule has 0 atom stereocenters. The number of nitrogens with one attached hydrogen (secondary N) is 1. The fourth-order valence-corrected chi connectivity index (χ4v) is 3.95. The summed E-state index contributed by atoms with van der Waals surface area (Å²) >= 11 is 0. The van der Waals surface area contributed by atoms with E-state index < -0.39 is 0 Å². The SMILES string of the molecule is CCN(Cc1nc2ccccc2c(=O)[nH]1)C(=O)CC1(CN)CCCCC1. The third-order valence-corrected chi connectivity index (χ3v) is 5.61. The van der Waals surface area contributed by atoms with Crippen LogP contribution in [0.2, 0.25) is 0 Å². The number of fused-ring (bicyclic) bond motifs is 1. The molecule has 26 heavy (non-hydrogen) atoms. The molecule has 1 saturated carbocycles. The number of carbonyl (C=O) groups is 1. The summed E-state index contributed by atoms with van der Waals surface area (Å²) < 4.78 is 0.